The second-order valence-corrected chi connectivity index (χ2v) is 9.24. The molecule has 3 aromatic carbocycles. The Morgan fingerprint density at radius 1 is 0.914 bits per heavy atom. The van der Waals surface area contributed by atoms with Gasteiger partial charge in [0.25, 0.3) is 5.24 Å². The molecule has 7 heteroatoms. The summed E-state index contributed by atoms with van der Waals surface area (Å²) < 4.78 is 11.8. The summed E-state index contributed by atoms with van der Waals surface area (Å²) in [4.78, 5) is 36.1. The SMILES string of the molecule is CCCc1cc(C(=O)c2ccccc2)ccc1OCCCOc1cccc([C@@H]2SC(=O)NC2=O)c1. The van der Waals surface area contributed by atoms with Crippen LogP contribution in [0.5, 0.6) is 11.5 Å². The second-order valence-electron chi connectivity index (χ2n) is 8.17. The first-order valence-electron chi connectivity index (χ1n) is 11.6. The number of aryl methyl sites for hydroxylation is 1. The van der Waals surface area contributed by atoms with Crippen LogP contribution in [0.15, 0.2) is 72.8 Å². The van der Waals surface area contributed by atoms with Crippen LogP contribution in [-0.4, -0.2) is 30.1 Å². The Hall–Kier alpha value is -3.58. The fourth-order valence-corrected chi connectivity index (χ4v) is 4.68. The van der Waals surface area contributed by atoms with Gasteiger partial charge in [0.05, 0.1) is 13.2 Å². The van der Waals surface area contributed by atoms with E-state index in [0.29, 0.717) is 36.5 Å². The zero-order chi connectivity index (χ0) is 24.6. The van der Waals surface area contributed by atoms with Crippen LogP contribution < -0.4 is 14.8 Å². The maximum absolute atomic E-state index is 12.8. The minimum Gasteiger partial charge on any atom is -0.493 e. The number of hydrogen-bond donors (Lipinski definition) is 1. The molecule has 2 amide bonds. The topological polar surface area (TPSA) is 81.7 Å². The molecule has 0 aromatic heterocycles. The van der Waals surface area contributed by atoms with Gasteiger partial charge in [0.1, 0.15) is 16.7 Å². The third-order valence-electron chi connectivity index (χ3n) is 5.54. The number of nitrogens with one attached hydrogen (secondary N) is 1. The summed E-state index contributed by atoms with van der Waals surface area (Å²) in [6, 6.07) is 22.1. The maximum Gasteiger partial charge on any atom is 0.286 e. The molecule has 1 aliphatic rings. The molecule has 4 rings (SSSR count). The maximum atomic E-state index is 12.8. The highest BCUT2D eigenvalue weighted by molar-refractivity contribution is 8.15. The zero-order valence-electron chi connectivity index (χ0n) is 19.5. The van der Waals surface area contributed by atoms with Gasteiger partial charge in [-0.15, -0.1) is 0 Å². The fourth-order valence-electron chi connectivity index (χ4n) is 3.86. The Balaban J connectivity index is 1.31. The van der Waals surface area contributed by atoms with Crippen LogP contribution in [0, 0.1) is 0 Å². The summed E-state index contributed by atoms with van der Waals surface area (Å²) in [6.45, 7) is 3.01. The number of ketones is 1. The molecule has 0 bridgehead atoms. The first-order valence-corrected chi connectivity index (χ1v) is 12.5. The first-order chi connectivity index (χ1) is 17.0. The average molecular weight is 490 g/mol. The number of carbonyl (C=O) groups is 3. The van der Waals surface area contributed by atoms with E-state index in [1.54, 1.807) is 6.07 Å². The van der Waals surface area contributed by atoms with Crippen molar-refractivity contribution < 1.29 is 23.9 Å². The molecule has 1 saturated heterocycles. The Kier molecular flexibility index (Phi) is 8.21. The van der Waals surface area contributed by atoms with E-state index in [1.807, 2.05) is 66.7 Å². The number of imide groups is 1. The number of carbonyl (C=O) groups excluding carboxylic acids is 3. The first kappa shape index (κ1) is 24.5. The van der Waals surface area contributed by atoms with Gasteiger partial charge in [0.2, 0.25) is 5.91 Å². The molecule has 0 radical (unpaired) electrons. The second kappa shape index (κ2) is 11.7. The molecule has 1 atom stereocenters. The lowest BCUT2D eigenvalue weighted by Crippen LogP contribution is -2.20. The van der Waals surface area contributed by atoms with Gasteiger partial charge in [0.15, 0.2) is 5.78 Å². The highest BCUT2D eigenvalue weighted by Crippen LogP contribution is 2.35. The van der Waals surface area contributed by atoms with E-state index in [4.69, 9.17) is 9.47 Å². The monoisotopic (exact) mass is 489 g/mol. The predicted molar refractivity (Wildman–Crippen MR) is 136 cm³/mol. The fraction of sp³-hybridized carbons (Fsp3) is 0.250. The van der Waals surface area contributed by atoms with Gasteiger partial charge in [-0.2, -0.15) is 0 Å². The average Bonchev–Trinajstić information content (AvgIpc) is 3.22. The summed E-state index contributed by atoms with van der Waals surface area (Å²) in [7, 11) is 0. The summed E-state index contributed by atoms with van der Waals surface area (Å²) in [5, 5.41) is 1.43. The highest BCUT2D eigenvalue weighted by Gasteiger charge is 2.33. The van der Waals surface area contributed by atoms with E-state index in [9.17, 15) is 14.4 Å². The van der Waals surface area contributed by atoms with Crippen LogP contribution in [0.25, 0.3) is 0 Å². The minimum atomic E-state index is -0.539. The zero-order valence-corrected chi connectivity index (χ0v) is 20.3. The molecule has 0 unspecified atom stereocenters. The number of amides is 2. The lowest BCUT2D eigenvalue weighted by molar-refractivity contribution is -0.119. The highest BCUT2D eigenvalue weighted by atomic mass is 32.2. The van der Waals surface area contributed by atoms with Crippen molar-refractivity contribution in [2.75, 3.05) is 13.2 Å². The van der Waals surface area contributed by atoms with Crippen molar-refractivity contribution in [1.82, 2.24) is 5.32 Å². The standard InChI is InChI=1S/C28H27NO5S/c1-2-8-20-17-21(25(30)19-9-4-3-5-10-19)13-14-24(20)34-16-7-15-33-23-12-6-11-22(18-23)26-27(31)29-28(32)35-26/h3-6,9-14,17-18,26H,2,7-8,15-16H2,1H3,(H,29,31,32)/t26-/m0/s1. The van der Waals surface area contributed by atoms with E-state index in [-0.39, 0.29) is 16.9 Å². The molecule has 1 heterocycles. The third kappa shape index (κ3) is 6.31. The lowest BCUT2D eigenvalue weighted by atomic mass is 9.99. The molecule has 35 heavy (non-hydrogen) atoms. The van der Waals surface area contributed by atoms with Crippen molar-refractivity contribution in [1.29, 1.82) is 0 Å². The minimum absolute atomic E-state index is 0.00276. The van der Waals surface area contributed by atoms with E-state index in [0.717, 1.165) is 41.5 Å². The van der Waals surface area contributed by atoms with Crippen LogP contribution in [0.1, 0.15) is 52.1 Å². The number of thioether (sulfide) groups is 1. The van der Waals surface area contributed by atoms with Crippen molar-refractivity contribution >= 4 is 28.7 Å². The molecule has 1 N–H and O–H groups in total. The number of benzene rings is 3. The van der Waals surface area contributed by atoms with Gasteiger partial charge in [-0.05, 0) is 59.6 Å². The van der Waals surface area contributed by atoms with Crippen molar-refractivity contribution in [3.63, 3.8) is 0 Å². The summed E-state index contributed by atoms with van der Waals surface area (Å²) >= 11 is 0.975. The van der Waals surface area contributed by atoms with Gasteiger partial charge in [-0.1, -0.05) is 55.8 Å². The van der Waals surface area contributed by atoms with E-state index >= 15 is 0 Å². The van der Waals surface area contributed by atoms with Crippen LogP contribution in [0.2, 0.25) is 0 Å². The van der Waals surface area contributed by atoms with Gasteiger partial charge in [-0.3, -0.25) is 19.7 Å². The summed E-state index contributed by atoms with van der Waals surface area (Å²) in [6.07, 6.45) is 2.43. The summed E-state index contributed by atoms with van der Waals surface area (Å²) in [5.74, 6) is 1.13. The molecule has 0 aliphatic carbocycles. The van der Waals surface area contributed by atoms with Crippen LogP contribution in [-0.2, 0) is 11.2 Å². The Bertz CT molecular complexity index is 1210. The van der Waals surface area contributed by atoms with E-state index in [2.05, 4.69) is 12.2 Å². The Morgan fingerprint density at radius 3 is 2.46 bits per heavy atom. The number of hydrogen-bond acceptors (Lipinski definition) is 6. The predicted octanol–water partition coefficient (Wildman–Crippen LogP) is 5.74. The molecule has 3 aromatic rings. The van der Waals surface area contributed by atoms with Crippen molar-refractivity contribution in [2.24, 2.45) is 0 Å². The van der Waals surface area contributed by atoms with Crippen LogP contribution in [0.4, 0.5) is 4.79 Å². The van der Waals surface area contributed by atoms with Gasteiger partial charge in [0, 0.05) is 17.5 Å². The van der Waals surface area contributed by atoms with Gasteiger partial charge in [-0.25, -0.2) is 0 Å². The van der Waals surface area contributed by atoms with Crippen LogP contribution in [0.3, 0.4) is 0 Å². The quantitative estimate of drug-likeness (QED) is 0.273. The van der Waals surface area contributed by atoms with E-state index in [1.165, 1.54) is 0 Å². The van der Waals surface area contributed by atoms with E-state index < -0.39 is 5.25 Å². The van der Waals surface area contributed by atoms with Crippen molar-refractivity contribution in [2.45, 2.75) is 31.4 Å². The molecular formula is C28H27NO5S. The van der Waals surface area contributed by atoms with Gasteiger partial charge < -0.3 is 9.47 Å². The number of rotatable bonds is 11. The molecule has 1 aliphatic heterocycles. The third-order valence-corrected chi connectivity index (χ3v) is 6.58. The van der Waals surface area contributed by atoms with Gasteiger partial charge >= 0.3 is 0 Å². The molecule has 1 fully saturated rings. The van der Waals surface area contributed by atoms with Crippen LogP contribution >= 0.6 is 11.8 Å². The van der Waals surface area contributed by atoms with Crippen molar-refractivity contribution in [3.8, 4) is 11.5 Å². The largest absolute Gasteiger partial charge is 0.493 e. The normalized spacial score (nSPS) is 15.1. The number of ether oxygens (including phenoxy) is 2. The molecule has 0 saturated carbocycles. The molecule has 180 valence electrons. The Labute approximate surface area is 209 Å². The smallest absolute Gasteiger partial charge is 0.286 e. The Morgan fingerprint density at radius 2 is 1.71 bits per heavy atom. The molecular weight excluding hydrogens is 462 g/mol. The lowest BCUT2D eigenvalue weighted by Gasteiger charge is -2.14. The summed E-state index contributed by atoms with van der Waals surface area (Å²) in [5.41, 5.74) is 3.08. The molecule has 6 nitrogen and oxygen atoms in total. The molecule has 0 spiro atoms. The van der Waals surface area contributed by atoms with Crippen molar-refractivity contribution in [3.05, 3.63) is 95.1 Å².